The van der Waals surface area contributed by atoms with Crippen LogP contribution in [0, 0.1) is 5.92 Å². The zero-order valence-corrected chi connectivity index (χ0v) is 18.0. The molecule has 0 saturated carbocycles. The molecule has 1 unspecified atom stereocenters. The lowest BCUT2D eigenvalue weighted by molar-refractivity contribution is -0.141. The first-order valence-electron chi connectivity index (χ1n) is 10.7. The summed E-state index contributed by atoms with van der Waals surface area (Å²) >= 11 is 0. The lowest BCUT2D eigenvalue weighted by atomic mass is 9.98. The minimum atomic E-state index is -4.52. The van der Waals surface area contributed by atoms with Crippen molar-refractivity contribution in [3.05, 3.63) is 47.2 Å². The van der Waals surface area contributed by atoms with Gasteiger partial charge in [-0.1, -0.05) is 19.1 Å². The predicted molar refractivity (Wildman–Crippen MR) is 113 cm³/mol. The van der Waals surface area contributed by atoms with Crippen molar-refractivity contribution in [3.63, 3.8) is 0 Å². The third-order valence-electron chi connectivity index (χ3n) is 6.07. The molecule has 1 aromatic heterocycles. The van der Waals surface area contributed by atoms with Crippen molar-refractivity contribution in [2.24, 2.45) is 5.92 Å². The smallest absolute Gasteiger partial charge is 0.433 e. The van der Waals surface area contributed by atoms with E-state index < -0.39 is 17.8 Å². The maximum absolute atomic E-state index is 13.3. The van der Waals surface area contributed by atoms with Gasteiger partial charge in [0.25, 0.3) is 0 Å². The van der Waals surface area contributed by atoms with Gasteiger partial charge in [0, 0.05) is 25.2 Å². The van der Waals surface area contributed by atoms with Crippen LogP contribution < -0.4 is 19.7 Å². The van der Waals surface area contributed by atoms with Crippen molar-refractivity contribution < 1.29 is 27.4 Å². The summed E-state index contributed by atoms with van der Waals surface area (Å²) in [7, 11) is 0. The largest absolute Gasteiger partial charge is 0.454 e. The molecule has 6 nitrogen and oxygen atoms in total. The number of halogens is 3. The monoisotopic (exact) mass is 449 g/mol. The van der Waals surface area contributed by atoms with Crippen LogP contribution in [-0.2, 0) is 17.5 Å². The number of fused-ring (bicyclic) bond motifs is 1. The number of nitrogens with one attached hydrogen (secondary N) is 1. The molecule has 9 heteroatoms. The van der Waals surface area contributed by atoms with Gasteiger partial charge in [0.2, 0.25) is 12.7 Å². The molecule has 0 spiro atoms. The molecule has 0 radical (unpaired) electrons. The van der Waals surface area contributed by atoms with E-state index in [2.05, 4.69) is 17.2 Å². The number of rotatable bonds is 5. The van der Waals surface area contributed by atoms with Gasteiger partial charge in [-0.25, -0.2) is 4.98 Å². The SMILES string of the molecule is CC1CCN(c2nc(C(F)(F)F)ccc2CNC(=O)C(C)c2ccc3c(c2)OCO3)CC1. The summed E-state index contributed by atoms with van der Waals surface area (Å²) in [6.07, 6.45) is -2.73. The van der Waals surface area contributed by atoms with Gasteiger partial charge in [-0.3, -0.25) is 4.79 Å². The lowest BCUT2D eigenvalue weighted by Crippen LogP contribution is -2.35. The Morgan fingerprint density at radius 2 is 1.91 bits per heavy atom. The highest BCUT2D eigenvalue weighted by Crippen LogP contribution is 2.35. The number of carbonyl (C=O) groups excluding carboxylic acids is 1. The fourth-order valence-corrected chi connectivity index (χ4v) is 3.94. The normalized spacial score (nSPS) is 17.3. The molecule has 32 heavy (non-hydrogen) atoms. The van der Waals surface area contributed by atoms with E-state index in [1.54, 1.807) is 25.1 Å². The van der Waals surface area contributed by atoms with Gasteiger partial charge in [-0.2, -0.15) is 13.2 Å². The number of piperidine rings is 1. The third kappa shape index (κ3) is 4.76. The Morgan fingerprint density at radius 3 is 2.62 bits per heavy atom. The summed E-state index contributed by atoms with van der Waals surface area (Å²) in [5, 5.41) is 2.85. The van der Waals surface area contributed by atoms with E-state index in [1.807, 2.05) is 4.90 Å². The third-order valence-corrected chi connectivity index (χ3v) is 6.07. The molecule has 2 aromatic rings. The number of ether oxygens (including phenoxy) is 2. The van der Waals surface area contributed by atoms with Gasteiger partial charge in [0.15, 0.2) is 11.5 Å². The Hall–Kier alpha value is -2.97. The summed E-state index contributed by atoms with van der Waals surface area (Å²) in [6.45, 7) is 5.44. The van der Waals surface area contributed by atoms with E-state index in [0.717, 1.165) is 24.5 Å². The second-order valence-corrected chi connectivity index (χ2v) is 8.40. The number of hydrogen-bond acceptors (Lipinski definition) is 5. The quantitative estimate of drug-likeness (QED) is 0.729. The summed E-state index contributed by atoms with van der Waals surface area (Å²) in [4.78, 5) is 18.6. The molecule has 172 valence electrons. The minimum absolute atomic E-state index is 0.0975. The van der Waals surface area contributed by atoms with Gasteiger partial charge in [0.05, 0.1) is 5.92 Å². The van der Waals surface area contributed by atoms with Crippen LogP contribution in [0.15, 0.2) is 30.3 Å². The Balaban J connectivity index is 1.49. The maximum Gasteiger partial charge on any atom is 0.433 e. The van der Waals surface area contributed by atoms with Gasteiger partial charge in [0.1, 0.15) is 11.5 Å². The maximum atomic E-state index is 13.3. The minimum Gasteiger partial charge on any atom is -0.454 e. The van der Waals surface area contributed by atoms with E-state index in [-0.39, 0.29) is 19.2 Å². The van der Waals surface area contributed by atoms with Crippen molar-refractivity contribution in [1.82, 2.24) is 10.3 Å². The fourth-order valence-electron chi connectivity index (χ4n) is 3.94. The molecule has 1 N–H and O–H groups in total. The number of amides is 1. The fraction of sp³-hybridized carbons (Fsp3) is 0.478. The standard InChI is InChI=1S/C23H26F3N3O3/c1-14-7-9-29(10-8-14)21-17(4-6-20(28-21)23(24,25)26)12-27-22(30)15(2)16-3-5-18-19(11-16)32-13-31-18/h3-6,11,14-15H,7-10,12-13H2,1-2H3,(H,27,30). The average Bonchev–Trinajstić information content (AvgIpc) is 3.24. The number of aromatic nitrogens is 1. The first kappa shape index (κ1) is 22.2. The Morgan fingerprint density at radius 1 is 1.19 bits per heavy atom. The highest BCUT2D eigenvalue weighted by Gasteiger charge is 2.34. The van der Waals surface area contributed by atoms with E-state index in [1.165, 1.54) is 6.07 Å². The van der Waals surface area contributed by atoms with Crippen LogP contribution in [0.2, 0.25) is 0 Å². The van der Waals surface area contributed by atoms with Crippen molar-refractivity contribution >= 4 is 11.7 Å². The van der Waals surface area contributed by atoms with Crippen molar-refractivity contribution in [2.45, 2.75) is 45.3 Å². The molecule has 1 saturated heterocycles. The van der Waals surface area contributed by atoms with E-state index in [4.69, 9.17) is 9.47 Å². The molecule has 3 heterocycles. The molecule has 0 aliphatic carbocycles. The molecule has 1 amide bonds. The molecule has 4 rings (SSSR count). The summed E-state index contributed by atoms with van der Waals surface area (Å²) in [5.74, 6) is 1.35. The molecule has 1 atom stereocenters. The number of anilines is 1. The first-order valence-corrected chi connectivity index (χ1v) is 10.7. The predicted octanol–water partition coefficient (Wildman–Crippen LogP) is 4.49. The van der Waals surface area contributed by atoms with E-state index in [9.17, 15) is 18.0 Å². The van der Waals surface area contributed by atoms with Crippen molar-refractivity contribution in [3.8, 4) is 11.5 Å². The van der Waals surface area contributed by atoms with Gasteiger partial charge < -0.3 is 19.7 Å². The number of carbonyl (C=O) groups is 1. The molecular weight excluding hydrogens is 423 g/mol. The zero-order valence-electron chi connectivity index (χ0n) is 18.0. The van der Waals surface area contributed by atoms with Crippen LogP contribution >= 0.6 is 0 Å². The van der Waals surface area contributed by atoms with Crippen LogP contribution in [-0.4, -0.2) is 30.8 Å². The summed E-state index contributed by atoms with van der Waals surface area (Å²) < 4.78 is 50.4. The van der Waals surface area contributed by atoms with Gasteiger partial charge in [-0.05, 0) is 49.4 Å². The molecule has 2 aliphatic heterocycles. The second-order valence-electron chi connectivity index (χ2n) is 8.40. The Labute approximate surface area is 184 Å². The van der Waals surface area contributed by atoms with E-state index >= 15 is 0 Å². The lowest BCUT2D eigenvalue weighted by Gasteiger charge is -2.33. The highest BCUT2D eigenvalue weighted by atomic mass is 19.4. The number of alkyl halides is 3. The van der Waals surface area contributed by atoms with Crippen LogP contribution in [0.25, 0.3) is 0 Å². The van der Waals surface area contributed by atoms with E-state index in [0.29, 0.717) is 41.9 Å². The molecule has 0 bridgehead atoms. The number of benzene rings is 1. The van der Waals surface area contributed by atoms with Crippen molar-refractivity contribution in [1.29, 1.82) is 0 Å². The van der Waals surface area contributed by atoms with Crippen LogP contribution in [0.3, 0.4) is 0 Å². The number of pyridine rings is 1. The second kappa shape index (κ2) is 8.88. The summed E-state index contributed by atoms with van der Waals surface area (Å²) in [6, 6.07) is 7.72. The topological polar surface area (TPSA) is 63.7 Å². The number of nitrogens with zero attached hydrogens (tertiary/aromatic N) is 2. The van der Waals surface area contributed by atoms with Gasteiger partial charge in [-0.15, -0.1) is 0 Å². The van der Waals surface area contributed by atoms with Crippen molar-refractivity contribution in [2.75, 3.05) is 24.8 Å². The Kier molecular flexibility index (Phi) is 6.17. The first-order chi connectivity index (χ1) is 15.2. The molecular formula is C23H26F3N3O3. The average molecular weight is 449 g/mol. The molecule has 2 aliphatic rings. The Bertz CT molecular complexity index is 988. The van der Waals surface area contributed by atoms with Gasteiger partial charge >= 0.3 is 6.18 Å². The molecule has 1 aromatic carbocycles. The highest BCUT2D eigenvalue weighted by molar-refractivity contribution is 5.83. The zero-order chi connectivity index (χ0) is 22.9. The summed E-state index contributed by atoms with van der Waals surface area (Å²) in [5.41, 5.74) is 0.413. The van der Waals surface area contributed by atoms with Crippen LogP contribution in [0.4, 0.5) is 19.0 Å². The molecule has 1 fully saturated rings. The van der Waals surface area contributed by atoms with Crippen LogP contribution in [0.1, 0.15) is 49.4 Å². The van der Waals surface area contributed by atoms with Crippen LogP contribution in [0.5, 0.6) is 11.5 Å². The number of hydrogen-bond donors (Lipinski definition) is 1.